The van der Waals surface area contributed by atoms with Crippen molar-refractivity contribution in [3.63, 3.8) is 0 Å². The first-order valence-corrected chi connectivity index (χ1v) is 17.5. The molecule has 7 aromatic rings. The van der Waals surface area contributed by atoms with Gasteiger partial charge in [0.1, 0.15) is 0 Å². The van der Waals surface area contributed by atoms with Crippen LogP contribution in [0.1, 0.15) is 0 Å². The average Bonchev–Trinajstić information content (AvgIpc) is 3.84. The molecule has 243 valence electrons. The molecule has 4 aromatic carbocycles. The summed E-state index contributed by atoms with van der Waals surface area (Å²) in [4.78, 5) is 38.5. The zero-order chi connectivity index (χ0) is 35.2. The molecule has 0 amide bonds. The van der Waals surface area contributed by atoms with Crippen LogP contribution in [-0.2, 0) is 21.0 Å². The maximum atomic E-state index is 8.19. The molecular weight excluding hydrogens is 847 g/mol. The van der Waals surface area contributed by atoms with Gasteiger partial charge >= 0.3 is 21.0 Å². The third-order valence-corrected chi connectivity index (χ3v) is 11.1. The van der Waals surface area contributed by atoms with E-state index in [0.717, 1.165) is 17.4 Å². The summed E-state index contributed by atoms with van der Waals surface area (Å²) in [6, 6.07) is 13.6. The Bertz CT molecular complexity index is 2640. The molecule has 2 aliphatic heterocycles. The number of hydrogen-bond donors (Lipinski definition) is 0. The quantitative estimate of drug-likeness (QED) is 0.147. The molecule has 9 rings (SSSR count). The van der Waals surface area contributed by atoms with Crippen LogP contribution in [0.3, 0.4) is 0 Å². The van der Waals surface area contributed by atoms with Crippen molar-refractivity contribution in [2.75, 3.05) is 0 Å². The normalized spacial score (nSPS) is 11.8. The number of benzene rings is 4. The summed E-state index contributed by atoms with van der Waals surface area (Å²) in [6.45, 7) is 0. The molecule has 2 aliphatic rings. The fourth-order valence-electron chi connectivity index (χ4n) is 5.75. The standard InChI is InChI=1S/C32H8Cl8N8.O.V/c33-13-5-1-9-17(21(13)37)29-41-25(9)45-30-18-10(2-6-14(34)22(18)38)27(42-30)47-32-20-12(4-8-16(36)24(20)40)28(44-32)48-31-19-11(26(43-31)46-29)3-7-15(35)23(19)39;;/h1-8H;;/q-2;;+2. The van der Waals surface area contributed by atoms with E-state index in [2.05, 4.69) is 0 Å². The molecule has 8 bridgehead atoms. The Morgan fingerprint density at radius 3 is 1.14 bits per heavy atom. The third-order valence-electron chi connectivity index (χ3n) is 7.93. The van der Waals surface area contributed by atoms with Gasteiger partial charge in [0.05, 0.1) is 63.5 Å². The molecule has 0 aliphatic carbocycles. The number of halogens is 8. The van der Waals surface area contributed by atoms with E-state index in [9.17, 15) is 0 Å². The van der Waals surface area contributed by atoms with Crippen LogP contribution in [0.15, 0.2) is 48.5 Å². The molecule has 0 fully saturated rings. The van der Waals surface area contributed by atoms with Crippen molar-refractivity contribution in [3.8, 4) is 45.6 Å². The molecular formula is C32H8Cl8N8OV. The predicted molar refractivity (Wildman–Crippen MR) is 195 cm³/mol. The molecule has 18 heteroatoms. The van der Waals surface area contributed by atoms with Gasteiger partial charge in [-0.05, 0) is 35.0 Å². The average molecular weight is 855 g/mol. The first kappa shape index (κ1) is 34.1. The van der Waals surface area contributed by atoms with Gasteiger partial charge in [0.2, 0.25) is 0 Å². The second-order valence-electron chi connectivity index (χ2n) is 10.6. The molecule has 5 heterocycles. The SMILES string of the molecule is Clc1ccc2c(c1Cl)-c1nc-2nc2[n-]c(nc3nc(nc4[n-]c(n1)c1ccc(Cl)c(Cl)c41)-c1ccc(Cl)c(Cl)c1-3)c1ccc(Cl)c(Cl)c21.[O]=[V+2]. The van der Waals surface area contributed by atoms with Crippen molar-refractivity contribution in [2.24, 2.45) is 0 Å². The first-order chi connectivity index (χ1) is 24.1. The summed E-state index contributed by atoms with van der Waals surface area (Å²) in [7, 11) is 0. The first-order valence-electron chi connectivity index (χ1n) is 13.9. The monoisotopic (exact) mass is 851 g/mol. The molecule has 0 saturated heterocycles. The Hall–Kier alpha value is -3.06. The molecule has 0 radical (unpaired) electrons. The Labute approximate surface area is 329 Å². The molecule has 0 atom stereocenters. The van der Waals surface area contributed by atoms with Gasteiger partial charge in [0.25, 0.3) is 0 Å². The minimum absolute atomic E-state index is 0.200. The summed E-state index contributed by atoms with van der Waals surface area (Å²) in [5.74, 6) is 0.885. The summed E-state index contributed by atoms with van der Waals surface area (Å²) in [5.41, 5.74) is 2.89. The van der Waals surface area contributed by atoms with E-state index >= 15 is 0 Å². The molecule has 9 nitrogen and oxygen atoms in total. The number of hydrogen-bond acceptors (Lipinski definition) is 7. The zero-order valence-electron chi connectivity index (χ0n) is 24.1. The van der Waals surface area contributed by atoms with E-state index in [0.29, 0.717) is 63.9 Å². The van der Waals surface area contributed by atoms with Gasteiger partial charge in [0, 0.05) is 55.6 Å². The minimum atomic E-state index is 0.200. The predicted octanol–water partition coefficient (Wildman–Crippen LogP) is 11.2. The molecule has 0 spiro atoms. The van der Waals surface area contributed by atoms with E-state index in [4.69, 9.17) is 136 Å². The summed E-state index contributed by atoms with van der Waals surface area (Å²) < 4.78 is 8.19. The Kier molecular flexibility index (Phi) is 8.76. The number of fused-ring (bicyclic) bond motifs is 20. The van der Waals surface area contributed by atoms with E-state index in [1.165, 1.54) is 0 Å². The molecule has 3 aromatic heterocycles. The van der Waals surface area contributed by atoms with Crippen molar-refractivity contribution >= 4 is 137 Å². The van der Waals surface area contributed by atoms with Gasteiger partial charge < -0.3 is 29.9 Å². The van der Waals surface area contributed by atoms with Crippen molar-refractivity contribution in [2.45, 2.75) is 0 Å². The third kappa shape index (κ3) is 5.22. The van der Waals surface area contributed by atoms with Crippen LogP contribution >= 0.6 is 92.8 Å². The van der Waals surface area contributed by atoms with Crippen LogP contribution < -0.4 is 9.97 Å². The summed E-state index contributed by atoms with van der Waals surface area (Å²) in [6.07, 6.45) is 0. The van der Waals surface area contributed by atoms with E-state index < -0.39 is 0 Å². The molecule has 0 saturated carbocycles. The van der Waals surface area contributed by atoms with Crippen molar-refractivity contribution in [1.29, 1.82) is 0 Å². The summed E-state index contributed by atoms with van der Waals surface area (Å²) >= 11 is 54.0. The van der Waals surface area contributed by atoms with Gasteiger partial charge in [-0.15, -0.1) is 0 Å². The van der Waals surface area contributed by atoms with Crippen LogP contribution in [-0.4, -0.2) is 29.9 Å². The molecule has 0 N–H and O–H groups in total. The second kappa shape index (κ2) is 12.9. The van der Waals surface area contributed by atoms with E-state index in [-0.39, 0.29) is 66.0 Å². The van der Waals surface area contributed by atoms with Gasteiger partial charge in [-0.1, -0.05) is 117 Å². The van der Waals surface area contributed by atoms with Crippen LogP contribution in [0.4, 0.5) is 0 Å². The van der Waals surface area contributed by atoms with E-state index in [1.807, 2.05) is 0 Å². The van der Waals surface area contributed by atoms with Crippen LogP contribution in [0, 0.1) is 0 Å². The van der Waals surface area contributed by atoms with Gasteiger partial charge in [-0.25, -0.2) is 9.97 Å². The van der Waals surface area contributed by atoms with Crippen LogP contribution in [0.5, 0.6) is 0 Å². The van der Waals surface area contributed by atoms with Crippen molar-refractivity contribution < 1.29 is 21.0 Å². The Morgan fingerprint density at radius 2 is 0.740 bits per heavy atom. The van der Waals surface area contributed by atoms with Crippen molar-refractivity contribution in [3.05, 3.63) is 88.7 Å². The maximum absolute atomic E-state index is 8.19. The Morgan fingerprint density at radius 1 is 0.400 bits per heavy atom. The van der Waals surface area contributed by atoms with Gasteiger partial charge in [0.15, 0.2) is 0 Å². The molecule has 0 unspecified atom stereocenters. The molecule has 50 heavy (non-hydrogen) atoms. The zero-order valence-corrected chi connectivity index (χ0v) is 31.5. The fourth-order valence-corrected chi connectivity index (χ4v) is 7.38. The summed E-state index contributed by atoms with van der Waals surface area (Å²) in [5, 5.41) is 4.12. The van der Waals surface area contributed by atoms with Gasteiger partial charge in [-0.2, -0.15) is 0 Å². The van der Waals surface area contributed by atoms with Crippen LogP contribution in [0.25, 0.3) is 89.7 Å². The number of nitrogens with zero attached hydrogens (tertiary/aromatic N) is 8. The number of rotatable bonds is 0. The fraction of sp³-hybridized carbons (Fsp3) is 0. The van der Waals surface area contributed by atoms with E-state index in [1.54, 1.807) is 48.5 Å². The van der Waals surface area contributed by atoms with Crippen LogP contribution in [0.2, 0.25) is 40.2 Å². The second-order valence-corrected chi connectivity index (χ2v) is 13.8. The van der Waals surface area contributed by atoms with Crippen molar-refractivity contribution in [1.82, 2.24) is 39.9 Å². The topological polar surface area (TPSA) is 123 Å². The number of aromatic nitrogens is 8. The van der Waals surface area contributed by atoms with Gasteiger partial charge in [-0.3, -0.25) is 0 Å². The Balaban J connectivity index is 0.00000177.